The molecular weight excluding hydrogens is 426 g/mol. The van der Waals surface area contributed by atoms with Crippen molar-refractivity contribution in [3.05, 3.63) is 42.1 Å². The third kappa shape index (κ3) is 8.39. The van der Waals surface area contributed by atoms with Crippen molar-refractivity contribution in [1.29, 1.82) is 0 Å². The van der Waals surface area contributed by atoms with Crippen molar-refractivity contribution >= 4 is 22.2 Å². The lowest BCUT2D eigenvalue weighted by Gasteiger charge is -2.29. The van der Waals surface area contributed by atoms with Crippen molar-refractivity contribution < 1.29 is 17.4 Å². The predicted molar refractivity (Wildman–Crippen MR) is 130 cm³/mol. The molecule has 1 atom stereocenters. The smallest absolute Gasteiger partial charge is 0.311 e. The average Bonchev–Trinajstić information content (AvgIpc) is 2.95. The van der Waals surface area contributed by atoms with Gasteiger partial charge in [-0.3, -0.25) is 9.79 Å². The molecule has 0 unspecified atom stereocenters. The summed E-state index contributed by atoms with van der Waals surface area (Å²) in [6, 6.07) is 7.68. The molecule has 1 aromatic carbocycles. The standard InChI is InChI=1S/C24H37N3O4S/c1-5-15-26(16-6-7-17-27-18-14-25-13-12-24(27)28)21(4)19-22-8-10-23(11-9-22)31-32(29,30)20(2)3/h8-14,20-21H,5-7,15-19H2,1-4H3/t21-/m0/s1. The van der Waals surface area contributed by atoms with Gasteiger partial charge in [-0.2, -0.15) is 8.42 Å². The Hall–Kier alpha value is -2.19. The van der Waals surface area contributed by atoms with Crippen LogP contribution in [0.2, 0.25) is 0 Å². The summed E-state index contributed by atoms with van der Waals surface area (Å²) in [6.45, 7) is 10.9. The summed E-state index contributed by atoms with van der Waals surface area (Å²) in [7, 11) is -3.58. The zero-order valence-corrected chi connectivity index (χ0v) is 20.6. The molecule has 0 N–H and O–H groups in total. The van der Waals surface area contributed by atoms with E-state index in [9.17, 15) is 13.2 Å². The minimum absolute atomic E-state index is 0.0231. The molecule has 7 nitrogen and oxygen atoms in total. The molecule has 0 bridgehead atoms. The Kier molecular flexibility index (Phi) is 10.4. The zero-order chi connectivity index (χ0) is 23.6. The number of hydrogen-bond donors (Lipinski definition) is 0. The third-order valence-electron chi connectivity index (χ3n) is 5.52. The Morgan fingerprint density at radius 1 is 1.12 bits per heavy atom. The highest BCUT2D eigenvalue weighted by Crippen LogP contribution is 2.18. The van der Waals surface area contributed by atoms with Crippen LogP contribution in [0, 0.1) is 0 Å². The maximum Gasteiger partial charge on any atom is 0.311 e. The van der Waals surface area contributed by atoms with E-state index >= 15 is 0 Å². The van der Waals surface area contributed by atoms with Crippen LogP contribution >= 0.6 is 0 Å². The molecule has 0 saturated heterocycles. The van der Waals surface area contributed by atoms with E-state index < -0.39 is 15.4 Å². The van der Waals surface area contributed by atoms with E-state index in [4.69, 9.17) is 4.18 Å². The highest BCUT2D eigenvalue weighted by atomic mass is 32.2. The molecule has 1 heterocycles. The monoisotopic (exact) mass is 463 g/mol. The van der Waals surface area contributed by atoms with Crippen LogP contribution in [0.3, 0.4) is 0 Å². The third-order valence-corrected chi connectivity index (χ3v) is 7.10. The maximum atomic E-state index is 12.0. The summed E-state index contributed by atoms with van der Waals surface area (Å²) in [5, 5.41) is -0.577. The Morgan fingerprint density at radius 2 is 1.84 bits per heavy atom. The second-order valence-corrected chi connectivity index (χ2v) is 10.6. The zero-order valence-electron chi connectivity index (χ0n) is 19.7. The molecule has 2 rings (SSSR count). The molecular formula is C24H37N3O4S. The van der Waals surface area contributed by atoms with Crippen LogP contribution in [0.15, 0.2) is 41.5 Å². The lowest BCUT2D eigenvalue weighted by atomic mass is 10.0. The van der Waals surface area contributed by atoms with Crippen molar-refractivity contribution in [3.8, 4) is 5.75 Å². The van der Waals surface area contributed by atoms with E-state index in [1.807, 2.05) is 17.0 Å². The highest BCUT2D eigenvalue weighted by Gasteiger charge is 2.19. The molecule has 1 aromatic rings. The first-order valence-corrected chi connectivity index (χ1v) is 12.9. The Balaban J connectivity index is 1.84. The molecule has 8 heteroatoms. The number of amides is 1. The number of hydrogen-bond acceptors (Lipinski definition) is 6. The summed E-state index contributed by atoms with van der Waals surface area (Å²) < 4.78 is 29.0. The lowest BCUT2D eigenvalue weighted by Crippen LogP contribution is -2.37. The van der Waals surface area contributed by atoms with Gasteiger partial charge in [0.25, 0.3) is 0 Å². The largest absolute Gasteiger partial charge is 0.382 e. The molecule has 0 radical (unpaired) electrons. The van der Waals surface area contributed by atoms with Crippen molar-refractivity contribution in [2.45, 2.75) is 64.7 Å². The number of aliphatic imine (C=N–C) groups is 1. The number of rotatable bonds is 13. The average molecular weight is 464 g/mol. The van der Waals surface area contributed by atoms with E-state index in [0.717, 1.165) is 50.9 Å². The van der Waals surface area contributed by atoms with Crippen molar-refractivity contribution in [3.63, 3.8) is 0 Å². The van der Waals surface area contributed by atoms with Crippen LogP contribution in [0.5, 0.6) is 5.75 Å². The Labute approximate surface area is 193 Å². The van der Waals surface area contributed by atoms with Crippen LogP contribution < -0.4 is 4.18 Å². The molecule has 0 spiro atoms. The summed E-state index contributed by atoms with van der Waals surface area (Å²) in [6.07, 6.45) is 8.77. The van der Waals surface area contributed by atoms with Crippen molar-refractivity contribution in [2.24, 2.45) is 4.99 Å². The molecule has 1 amide bonds. The van der Waals surface area contributed by atoms with E-state index in [-0.39, 0.29) is 5.91 Å². The minimum Gasteiger partial charge on any atom is -0.382 e. The van der Waals surface area contributed by atoms with Gasteiger partial charge in [-0.15, -0.1) is 0 Å². The van der Waals surface area contributed by atoms with Gasteiger partial charge >= 0.3 is 10.1 Å². The maximum absolute atomic E-state index is 12.0. The van der Waals surface area contributed by atoms with E-state index in [0.29, 0.717) is 18.3 Å². The van der Waals surface area contributed by atoms with Gasteiger partial charge in [-0.25, -0.2) is 0 Å². The van der Waals surface area contributed by atoms with Gasteiger partial charge in [0, 0.05) is 31.1 Å². The first-order chi connectivity index (χ1) is 15.2. The number of carbonyl (C=O) groups excluding carboxylic acids is 1. The van der Waals surface area contributed by atoms with Crippen molar-refractivity contribution in [1.82, 2.24) is 9.80 Å². The molecule has 1 aliphatic rings. The van der Waals surface area contributed by atoms with Gasteiger partial charge in [-0.1, -0.05) is 19.1 Å². The number of nitrogens with zero attached hydrogens (tertiary/aromatic N) is 3. The van der Waals surface area contributed by atoms with Crippen LogP contribution in [-0.2, 0) is 21.3 Å². The molecule has 0 saturated carbocycles. The van der Waals surface area contributed by atoms with E-state index in [1.54, 1.807) is 38.4 Å². The van der Waals surface area contributed by atoms with Crippen LogP contribution in [-0.4, -0.2) is 67.8 Å². The quantitative estimate of drug-likeness (QED) is 0.330. The fourth-order valence-electron chi connectivity index (χ4n) is 3.55. The van der Waals surface area contributed by atoms with E-state index in [2.05, 4.69) is 23.7 Å². The SMILES string of the molecule is CCCN(CCCCN1CC=NC=CC1=O)[C@@H](C)Cc1ccc(OS(=O)(=O)C(C)C)cc1. The second kappa shape index (κ2) is 12.7. The highest BCUT2D eigenvalue weighted by molar-refractivity contribution is 7.87. The number of benzene rings is 1. The number of unbranched alkanes of at least 4 members (excludes halogenated alkanes) is 1. The second-order valence-electron chi connectivity index (χ2n) is 8.50. The van der Waals surface area contributed by atoms with Gasteiger partial charge < -0.3 is 14.0 Å². The summed E-state index contributed by atoms with van der Waals surface area (Å²) >= 11 is 0. The molecule has 0 aromatic heterocycles. The van der Waals surface area contributed by atoms with Crippen LogP contribution in [0.1, 0.15) is 52.5 Å². The van der Waals surface area contributed by atoms with Crippen LogP contribution in [0.4, 0.5) is 0 Å². The van der Waals surface area contributed by atoms with Crippen molar-refractivity contribution in [2.75, 3.05) is 26.2 Å². The summed E-state index contributed by atoms with van der Waals surface area (Å²) in [5.41, 5.74) is 1.15. The first kappa shape index (κ1) is 26.1. The first-order valence-electron chi connectivity index (χ1n) is 11.5. The fraction of sp³-hybridized carbons (Fsp3) is 0.583. The molecule has 178 valence electrons. The van der Waals surface area contributed by atoms with Crippen LogP contribution in [0.25, 0.3) is 0 Å². The molecule has 32 heavy (non-hydrogen) atoms. The lowest BCUT2D eigenvalue weighted by molar-refractivity contribution is -0.125. The summed E-state index contributed by atoms with van der Waals surface area (Å²) in [5.74, 6) is 0.373. The summed E-state index contributed by atoms with van der Waals surface area (Å²) in [4.78, 5) is 20.3. The Morgan fingerprint density at radius 3 is 2.50 bits per heavy atom. The normalized spacial score (nSPS) is 15.4. The van der Waals surface area contributed by atoms with E-state index in [1.165, 1.54) is 6.08 Å². The topological polar surface area (TPSA) is 79.3 Å². The molecule has 1 aliphatic heterocycles. The molecule has 0 fully saturated rings. The fourth-order valence-corrected chi connectivity index (χ4v) is 4.12. The predicted octanol–water partition coefficient (Wildman–Crippen LogP) is 3.65. The number of carbonyl (C=O) groups is 1. The minimum atomic E-state index is -3.58. The van der Waals surface area contributed by atoms with Gasteiger partial charge in [0.05, 0.1) is 11.8 Å². The van der Waals surface area contributed by atoms with Gasteiger partial charge in [0.1, 0.15) is 5.75 Å². The van der Waals surface area contributed by atoms with Gasteiger partial charge in [0.15, 0.2) is 0 Å². The van der Waals surface area contributed by atoms with Gasteiger partial charge in [-0.05, 0) is 77.2 Å². The molecule has 0 aliphatic carbocycles. The van der Waals surface area contributed by atoms with Gasteiger partial charge in [0.2, 0.25) is 5.91 Å². The Bertz CT molecular complexity index is 879.